The highest BCUT2D eigenvalue weighted by Gasteiger charge is 2.26. The lowest BCUT2D eigenvalue weighted by molar-refractivity contribution is 0.280. The van der Waals surface area contributed by atoms with E-state index in [1.807, 2.05) is 6.07 Å². The number of nitrogen functional groups attached to an aromatic ring is 1. The molecule has 1 fully saturated rings. The fourth-order valence-corrected chi connectivity index (χ4v) is 2.51. The van der Waals surface area contributed by atoms with Crippen LogP contribution < -0.4 is 10.6 Å². The van der Waals surface area contributed by atoms with Gasteiger partial charge in [0.05, 0.1) is 21.4 Å². The molecule has 0 saturated carbocycles. The van der Waals surface area contributed by atoms with E-state index >= 15 is 0 Å². The number of benzene rings is 1. The van der Waals surface area contributed by atoms with Crippen molar-refractivity contribution < 1.29 is 0 Å². The molecule has 1 aliphatic rings. The van der Waals surface area contributed by atoms with Crippen LogP contribution in [0.3, 0.4) is 0 Å². The van der Waals surface area contributed by atoms with E-state index in [-0.39, 0.29) is 0 Å². The van der Waals surface area contributed by atoms with Crippen molar-refractivity contribution >= 4 is 34.6 Å². The third-order valence-corrected chi connectivity index (χ3v) is 4.25. The van der Waals surface area contributed by atoms with E-state index in [4.69, 9.17) is 28.9 Å². The highest BCUT2D eigenvalue weighted by molar-refractivity contribution is 6.42. The Balaban J connectivity index is 2.21. The van der Waals surface area contributed by atoms with Gasteiger partial charge in [-0.1, -0.05) is 37.0 Å². The molecule has 94 valence electrons. The minimum atomic E-state index is 0.432. The van der Waals surface area contributed by atoms with E-state index < -0.39 is 0 Å². The SMILES string of the molecule is CC1(C)CCN(c2cc(Cl)c(Cl)cc2N)CC1. The van der Waals surface area contributed by atoms with Gasteiger partial charge in [-0.25, -0.2) is 0 Å². The molecule has 1 heterocycles. The molecule has 1 aromatic rings. The van der Waals surface area contributed by atoms with Crippen LogP contribution >= 0.6 is 23.2 Å². The number of piperidine rings is 1. The van der Waals surface area contributed by atoms with E-state index in [0.29, 0.717) is 21.1 Å². The van der Waals surface area contributed by atoms with Crippen molar-refractivity contribution in [2.75, 3.05) is 23.7 Å². The van der Waals surface area contributed by atoms with Crippen LogP contribution in [0.2, 0.25) is 10.0 Å². The normalized spacial score (nSPS) is 19.4. The highest BCUT2D eigenvalue weighted by Crippen LogP contribution is 2.37. The summed E-state index contributed by atoms with van der Waals surface area (Å²) in [5.41, 5.74) is 8.15. The molecule has 1 aromatic carbocycles. The molecule has 1 saturated heterocycles. The monoisotopic (exact) mass is 272 g/mol. The third-order valence-electron chi connectivity index (χ3n) is 3.53. The van der Waals surface area contributed by atoms with E-state index in [0.717, 1.165) is 18.8 Å². The summed E-state index contributed by atoms with van der Waals surface area (Å²) < 4.78 is 0. The second-order valence-corrected chi connectivity index (χ2v) is 6.29. The van der Waals surface area contributed by atoms with Crippen molar-refractivity contribution in [3.8, 4) is 0 Å². The van der Waals surface area contributed by atoms with Gasteiger partial charge in [-0.05, 0) is 30.4 Å². The van der Waals surface area contributed by atoms with Gasteiger partial charge in [-0.15, -0.1) is 0 Å². The summed E-state index contributed by atoms with van der Waals surface area (Å²) in [6, 6.07) is 3.61. The molecule has 17 heavy (non-hydrogen) atoms. The van der Waals surface area contributed by atoms with Crippen molar-refractivity contribution in [1.82, 2.24) is 0 Å². The molecule has 0 radical (unpaired) electrons. The van der Waals surface area contributed by atoms with Gasteiger partial charge in [-0.3, -0.25) is 0 Å². The summed E-state index contributed by atoms with van der Waals surface area (Å²) in [5.74, 6) is 0. The Morgan fingerprint density at radius 1 is 1.12 bits per heavy atom. The lowest BCUT2D eigenvalue weighted by Gasteiger charge is -2.38. The van der Waals surface area contributed by atoms with Crippen LogP contribution in [-0.2, 0) is 0 Å². The number of hydrogen-bond donors (Lipinski definition) is 1. The molecule has 4 heteroatoms. The number of nitrogens with two attached hydrogens (primary N) is 1. The van der Waals surface area contributed by atoms with Crippen molar-refractivity contribution in [2.24, 2.45) is 5.41 Å². The molecular formula is C13H18Cl2N2. The maximum Gasteiger partial charge on any atom is 0.0615 e. The Kier molecular flexibility index (Phi) is 3.46. The van der Waals surface area contributed by atoms with E-state index in [2.05, 4.69) is 18.7 Å². The van der Waals surface area contributed by atoms with Crippen LogP contribution in [0.25, 0.3) is 0 Å². The number of nitrogens with zero attached hydrogens (tertiary/aromatic N) is 1. The number of rotatable bonds is 1. The summed E-state index contributed by atoms with van der Waals surface area (Å²) in [6.45, 7) is 6.66. The highest BCUT2D eigenvalue weighted by atomic mass is 35.5. The Labute approximate surface area is 113 Å². The standard InChI is InChI=1S/C13H18Cl2N2/c1-13(2)3-5-17(6-4-13)12-8-10(15)9(14)7-11(12)16/h7-8H,3-6,16H2,1-2H3. The molecule has 0 aliphatic carbocycles. The molecule has 0 bridgehead atoms. The van der Waals surface area contributed by atoms with Crippen LogP contribution in [0.1, 0.15) is 26.7 Å². The van der Waals surface area contributed by atoms with Gasteiger partial charge in [0.25, 0.3) is 0 Å². The molecule has 0 unspecified atom stereocenters. The molecule has 2 N–H and O–H groups in total. The maximum atomic E-state index is 6.05. The van der Waals surface area contributed by atoms with Crippen LogP contribution in [-0.4, -0.2) is 13.1 Å². The largest absolute Gasteiger partial charge is 0.397 e. The van der Waals surface area contributed by atoms with Crippen LogP contribution in [0, 0.1) is 5.41 Å². The Morgan fingerprint density at radius 3 is 2.24 bits per heavy atom. The first-order chi connectivity index (χ1) is 7.89. The second kappa shape index (κ2) is 4.58. The van der Waals surface area contributed by atoms with Crippen molar-refractivity contribution in [2.45, 2.75) is 26.7 Å². The molecular weight excluding hydrogens is 255 g/mol. The fourth-order valence-electron chi connectivity index (χ4n) is 2.18. The van der Waals surface area contributed by atoms with Gasteiger partial charge in [-0.2, -0.15) is 0 Å². The topological polar surface area (TPSA) is 29.3 Å². The molecule has 2 nitrogen and oxygen atoms in total. The molecule has 0 amide bonds. The number of anilines is 2. The second-order valence-electron chi connectivity index (χ2n) is 5.48. The first kappa shape index (κ1) is 12.8. The van der Waals surface area contributed by atoms with Crippen LogP contribution in [0.5, 0.6) is 0 Å². The zero-order chi connectivity index (χ0) is 12.6. The van der Waals surface area contributed by atoms with E-state index in [1.54, 1.807) is 6.07 Å². The zero-order valence-electron chi connectivity index (χ0n) is 10.3. The number of halogens is 2. The van der Waals surface area contributed by atoms with Gasteiger partial charge in [0.15, 0.2) is 0 Å². The average molecular weight is 273 g/mol. The summed E-state index contributed by atoms with van der Waals surface area (Å²) in [4.78, 5) is 2.29. The minimum Gasteiger partial charge on any atom is -0.397 e. The van der Waals surface area contributed by atoms with Gasteiger partial charge in [0, 0.05) is 13.1 Å². The van der Waals surface area contributed by atoms with Crippen molar-refractivity contribution in [3.05, 3.63) is 22.2 Å². The molecule has 2 rings (SSSR count). The quantitative estimate of drug-likeness (QED) is 0.777. The summed E-state index contributed by atoms with van der Waals surface area (Å²) in [6.07, 6.45) is 2.35. The predicted molar refractivity (Wildman–Crippen MR) is 76.1 cm³/mol. The van der Waals surface area contributed by atoms with Crippen molar-refractivity contribution in [3.63, 3.8) is 0 Å². The molecule has 0 aromatic heterocycles. The maximum absolute atomic E-state index is 6.05. The van der Waals surface area contributed by atoms with Gasteiger partial charge in [0.1, 0.15) is 0 Å². The first-order valence-electron chi connectivity index (χ1n) is 5.88. The number of hydrogen-bond acceptors (Lipinski definition) is 2. The average Bonchev–Trinajstić information content (AvgIpc) is 2.24. The molecule has 0 spiro atoms. The summed E-state index contributed by atoms with van der Waals surface area (Å²) >= 11 is 12.0. The van der Waals surface area contributed by atoms with Crippen LogP contribution in [0.4, 0.5) is 11.4 Å². The minimum absolute atomic E-state index is 0.432. The van der Waals surface area contributed by atoms with Crippen molar-refractivity contribution in [1.29, 1.82) is 0 Å². The predicted octanol–water partition coefficient (Wildman–Crippen LogP) is 4.20. The van der Waals surface area contributed by atoms with E-state index in [1.165, 1.54) is 12.8 Å². The fraction of sp³-hybridized carbons (Fsp3) is 0.538. The first-order valence-corrected chi connectivity index (χ1v) is 6.64. The third kappa shape index (κ3) is 2.80. The smallest absolute Gasteiger partial charge is 0.0615 e. The van der Waals surface area contributed by atoms with Gasteiger partial charge >= 0.3 is 0 Å². The summed E-state index contributed by atoms with van der Waals surface area (Å²) in [7, 11) is 0. The Bertz CT molecular complexity index is 420. The Morgan fingerprint density at radius 2 is 1.65 bits per heavy atom. The molecule has 1 aliphatic heterocycles. The van der Waals surface area contributed by atoms with E-state index in [9.17, 15) is 0 Å². The summed E-state index contributed by atoms with van der Waals surface area (Å²) in [5, 5.41) is 1.09. The van der Waals surface area contributed by atoms with Gasteiger partial charge in [0.2, 0.25) is 0 Å². The molecule has 0 atom stereocenters. The lowest BCUT2D eigenvalue weighted by Crippen LogP contribution is -2.37. The zero-order valence-corrected chi connectivity index (χ0v) is 11.8. The van der Waals surface area contributed by atoms with Crippen LogP contribution in [0.15, 0.2) is 12.1 Å². The lowest BCUT2D eigenvalue weighted by atomic mass is 9.82. The van der Waals surface area contributed by atoms with Gasteiger partial charge < -0.3 is 10.6 Å². The Hall–Kier alpha value is -0.600.